The van der Waals surface area contributed by atoms with Crippen molar-refractivity contribution in [3.05, 3.63) is 21.9 Å². The minimum Gasteiger partial charge on any atom is -0.370 e. The molecule has 0 saturated carbocycles. The first kappa shape index (κ1) is 13.1. The van der Waals surface area contributed by atoms with E-state index in [4.69, 9.17) is 4.74 Å². The average molecular weight is 252 g/mol. The molecule has 2 rings (SSSR count). The molecule has 0 radical (unpaired) electrons. The second-order valence-electron chi connectivity index (χ2n) is 5.66. The molecule has 0 bridgehead atoms. The van der Waals surface area contributed by atoms with Crippen molar-refractivity contribution < 1.29 is 4.74 Å². The van der Waals surface area contributed by atoms with Crippen molar-refractivity contribution in [3.63, 3.8) is 0 Å². The number of thiophene rings is 1. The van der Waals surface area contributed by atoms with Gasteiger partial charge < -0.3 is 4.74 Å². The Balaban J connectivity index is 1.86. The summed E-state index contributed by atoms with van der Waals surface area (Å²) in [6, 6.07) is 4.62. The lowest BCUT2D eigenvalue weighted by atomic mass is 10.0. The van der Waals surface area contributed by atoms with Crippen LogP contribution in [0, 0.1) is 5.92 Å². The van der Waals surface area contributed by atoms with Crippen molar-refractivity contribution in [1.29, 1.82) is 0 Å². The Bertz CT molecular complexity index is 356. The monoisotopic (exact) mass is 252 g/mol. The third-order valence-electron chi connectivity index (χ3n) is 3.45. The number of hydrogen-bond acceptors (Lipinski definition) is 2. The molecule has 3 atom stereocenters. The summed E-state index contributed by atoms with van der Waals surface area (Å²) in [4.78, 5) is 3.07. The van der Waals surface area contributed by atoms with Gasteiger partial charge in [-0.15, -0.1) is 11.3 Å². The second-order valence-corrected chi connectivity index (χ2v) is 6.86. The van der Waals surface area contributed by atoms with E-state index in [0.717, 1.165) is 5.92 Å². The molecule has 3 unspecified atom stereocenters. The van der Waals surface area contributed by atoms with Crippen molar-refractivity contribution in [2.24, 2.45) is 5.92 Å². The van der Waals surface area contributed by atoms with Crippen LogP contribution < -0.4 is 0 Å². The van der Waals surface area contributed by atoms with Gasteiger partial charge in [-0.1, -0.05) is 27.7 Å². The molecule has 0 N–H and O–H groups in total. The van der Waals surface area contributed by atoms with E-state index < -0.39 is 0 Å². The van der Waals surface area contributed by atoms with Crippen LogP contribution in [0.25, 0.3) is 0 Å². The third kappa shape index (κ3) is 3.56. The molecule has 1 aromatic rings. The summed E-state index contributed by atoms with van der Waals surface area (Å²) in [6.07, 6.45) is 4.66. The van der Waals surface area contributed by atoms with Crippen LogP contribution in [-0.4, -0.2) is 12.2 Å². The number of hydrogen-bond donors (Lipinski definition) is 0. The van der Waals surface area contributed by atoms with Gasteiger partial charge in [0.05, 0.1) is 12.2 Å². The molecule has 96 valence electrons. The quantitative estimate of drug-likeness (QED) is 0.673. The van der Waals surface area contributed by atoms with Gasteiger partial charge in [0, 0.05) is 9.75 Å². The van der Waals surface area contributed by atoms with Crippen LogP contribution in [0.2, 0.25) is 0 Å². The van der Waals surface area contributed by atoms with Crippen molar-refractivity contribution in [1.82, 2.24) is 0 Å². The lowest BCUT2D eigenvalue weighted by Gasteiger charge is -2.06. The highest BCUT2D eigenvalue weighted by atomic mass is 32.1. The Kier molecular flexibility index (Phi) is 4.26. The molecule has 1 fully saturated rings. The molecule has 2 heteroatoms. The van der Waals surface area contributed by atoms with E-state index in [2.05, 4.69) is 39.8 Å². The lowest BCUT2D eigenvalue weighted by molar-refractivity contribution is 0.353. The van der Waals surface area contributed by atoms with Crippen molar-refractivity contribution in [2.75, 3.05) is 0 Å². The first-order valence-corrected chi connectivity index (χ1v) is 7.65. The highest BCUT2D eigenvalue weighted by Crippen LogP contribution is 2.36. The number of epoxide rings is 1. The topological polar surface area (TPSA) is 12.5 Å². The lowest BCUT2D eigenvalue weighted by Crippen LogP contribution is -1.99. The fourth-order valence-corrected chi connectivity index (χ4v) is 3.67. The molecule has 0 aliphatic carbocycles. The summed E-state index contributed by atoms with van der Waals surface area (Å²) in [7, 11) is 0. The smallest absolute Gasteiger partial charge is 0.0847 e. The standard InChI is InChI=1S/C15H24OS/c1-5-13-14(16-13)9-11(4)15-7-6-12(17-15)8-10(2)3/h6-7,10-11,13-14H,5,8-9H2,1-4H3. The predicted octanol–water partition coefficient (Wildman–Crippen LogP) is 4.62. The molecule has 1 nitrogen and oxygen atoms in total. The van der Waals surface area contributed by atoms with Gasteiger partial charge in [0.1, 0.15) is 0 Å². The third-order valence-corrected chi connectivity index (χ3v) is 4.79. The normalized spacial score (nSPS) is 25.2. The van der Waals surface area contributed by atoms with Crippen LogP contribution in [-0.2, 0) is 11.2 Å². The van der Waals surface area contributed by atoms with Crippen molar-refractivity contribution in [3.8, 4) is 0 Å². The van der Waals surface area contributed by atoms with E-state index in [1.165, 1.54) is 29.0 Å². The molecule has 0 aromatic carbocycles. The summed E-state index contributed by atoms with van der Waals surface area (Å²) in [6.45, 7) is 9.11. The minimum absolute atomic E-state index is 0.533. The summed E-state index contributed by atoms with van der Waals surface area (Å²) < 4.78 is 5.63. The molecule has 0 spiro atoms. The fraction of sp³-hybridized carbons (Fsp3) is 0.733. The van der Waals surface area contributed by atoms with Crippen LogP contribution in [0.4, 0.5) is 0 Å². The molecule has 1 saturated heterocycles. The van der Waals surface area contributed by atoms with Crippen LogP contribution in [0.5, 0.6) is 0 Å². The van der Waals surface area contributed by atoms with Gasteiger partial charge in [-0.05, 0) is 43.2 Å². The molecule has 2 heterocycles. The van der Waals surface area contributed by atoms with E-state index in [0.29, 0.717) is 18.1 Å². The second kappa shape index (κ2) is 5.53. The summed E-state index contributed by atoms with van der Waals surface area (Å²) in [5.74, 6) is 1.41. The van der Waals surface area contributed by atoms with Gasteiger partial charge >= 0.3 is 0 Å². The van der Waals surface area contributed by atoms with Gasteiger partial charge in [-0.3, -0.25) is 0 Å². The van der Waals surface area contributed by atoms with E-state index in [1.54, 1.807) is 0 Å². The summed E-state index contributed by atoms with van der Waals surface area (Å²) in [5, 5.41) is 0. The van der Waals surface area contributed by atoms with E-state index in [-0.39, 0.29) is 0 Å². The summed E-state index contributed by atoms with van der Waals surface area (Å²) >= 11 is 1.99. The van der Waals surface area contributed by atoms with E-state index in [1.807, 2.05) is 11.3 Å². The van der Waals surface area contributed by atoms with Crippen molar-refractivity contribution >= 4 is 11.3 Å². The SMILES string of the molecule is CCC1OC1CC(C)c1ccc(CC(C)C)s1. The molecular formula is C15H24OS. The maximum Gasteiger partial charge on any atom is 0.0847 e. The Morgan fingerprint density at radius 1 is 1.24 bits per heavy atom. The Hall–Kier alpha value is -0.340. The molecule has 1 aliphatic heterocycles. The molecule has 17 heavy (non-hydrogen) atoms. The van der Waals surface area contributed by atoms with Gasteiger partial charge in [0.2, 0.25) is 0 Å². The first-order valence-electron chi connectivity index (χ1n) is 6.84. The maximum absolute atomic E-state index is 5.63. The van der Waals surface area contributed by atoms with Crippen LogP contribution in [0.15, 0.2) is 12.1 Å². The van der Waals surface area contributed by atoms with Gasteiger partial charge in [0.25, 0.3) is 0 Å². The Morgan fingerprint density at radius 3 is 2.59 bits per heavy atom. The molecule has 0 amide bonds. The zero-order chi connectivity index (χ0) is 12.4. The molecule has 1 aromatic heterocycles. The predicted molar refractivity (Wildman–Crippen MR) is 74.8 cm³/mol. The molecule has 1 aliphatic rings. The summed E-state index contributed by atoms with van der Waals surface area (Å²) in [5.41, 5.74) is 0. The highest BCUT2D eigenvalue weighted by Gasteiger charge is 2.37. The van der Waals surface area contributed by atoms with E-state index >= 15 is 0 Å². The fourth-order valence-electron chi connectivity index (χ4n) is 2.38. The Morgan fingerprint density at radius 2 is 2.00 bits per heavy atom. The first-order chi connectivity index (χ1) is 8.10. The van der Waals surface area contributed by atoms with Crippen molar-refractivity contribution in [2.45, 2.75) is 65.1 Å². The zero-order valence-electron chi connectivity index (χ0n) is 11.4. The largest absolute Gasteiger partial charge is 0.370 e. The minimum atomic E-state index is 0.533. The van der Waals surface area contributed by atoms with Crippen LogP contribution in [0.1, 0.15) is 56.2 Å². The number of ether oxygens (including phenoxy) is 1. The van der Waals surface area contributed by atoms with Crippen LogP contribution >= 0.6 is 11.3 Å². The van der Waals surface area contributed by atoms with Gasteiger partial charge in [0.15, 0.2) is 0 Å². The Labute approximate surface area is 109 Å². The molecular weight excluding hydrogens is 228 g/mol. The van der Waals surface area contributed by atoms with Crippen LogP contribution in [0.3, 0.4) is 0 Å². The van der Waals surface area contributed by atoms with Gasteiger partial charge in [-0.2, -0.15) is 0 Å². The van der Waals surface area contributed by atoms with E-state index in [9.17, 15) is 0 Å². The van der Waals surface area contributed by atoms with Gasteiger partial charge in [-0.25, -0.2) is 0 Å². The highest BCUT2D eigenvalue weighted by molar-refractivity contribution is 7.12. The average Bonchev–Trinajstić information content (AvgIpc) is 2.85. The maximum atomic E-state index is 5.63. The zero-order valence-corrected chi connectivity index (χ0v) is 12.2. The number of rotatable bonds is 6.